The summed E-state index contributed by atoms with van der Waals surface area (Å²) < 4.78 is 11.0. The predicted octanol–water partition coefficient (Wildman–Crippen LogP) is 4.38. The van der Waals surface area contributed by atoms with Crippen molar-refractivity contribution in [3.8, 4) is 11.5 Å². The number of halogens is 1. The van der Waals surface area contributed by atoms with Crippen LogP contribution < -0.4 is 14.8 Å². The standard InChI is InChI=1S/C25H31ClN2O4/c1-16(2)11-12-27-24(29)21-15-28(25(30)18-7-5-6-8-22(18)26)14-20(21)19-13-17(31-3)9-10-23(19)32-4/h5-10,13,16,20-21H,11-12,14-15H2,1-4H3,(H,27,29)/t20-,21-/m1/s1. The zero-order valence-corrected chi connectivity index (χ0v) is 19.8. The van der Waals surface area contributed by atoms with Gasteiger partial charge in [-0.3, -0.25) is 9.59 Å². The van der Waals surface area contributed by atoms with Crippen molar-refractivity contribution < 1.29 is 19.1 Å². The minimum atomic E-state index is -0.408. The van der Waals surface area contributed by atoms with Gasteiger partial charge in [-0.1, -0.05) is 37.6 Å². The quantitative estimate of drug-likeness (QED) is 0.637. The monoisotopic (exact) mass is 458 g/mol. The Morgan fingerprint density at radius 3 is 2.53 bits per heavy atom. The number of benzene rings is 2. The molecule has 1 heterocycles. The number of likely N-dealkylation sites (tertiary alicyclic amines) is 1. The summed E-state index contributed by atoms with van der Waals surface area (Å²) in [6, 6.07) is 12.5. The normalized spacial score (nSPS) is 18.0. The minimum Gasteiger partial charge on any atom is -0.497 e. The summed E-state index contributed by atoms with van der Waals surface area (Å²) in [4.78, 5) is 28.1. The van der Waals surface area contributed by atoms with Gasteiger partial charge in [0.05, 0.1) is 30.7 Å². The van der Waals surface area contributed by atoms with E-state index in [4.69, 9.17) is 21.1 Å². The summed E-state index contributed by atoms with van der Waals surface area (Å²) in [5.41, 5.74) is 1.29. The van der Waals surface area contributed by atoms with Crippen molar-refractivity contribution in [1.29, 1.82) is 0 Å². The van der Waals surface area contributed by atoms with E-state index in [1.165, 1.54) is 0 Å². The zero-order chi connectivity index (χ0) is 23.3. The Bertz CT molecular complexity index is 963. The third-order valence-electron chi connectivity index (χ3n) is 5.91. The van der Waals surface area contributed by atoms with Crippen LogP contribution in [0.1, 0.15) is 42.1 Å². The van der Waals surface area contributed by atoms with Gasteiger partial charge in [0.25, 0.3) is 5.91 Å². The second-order valence-electron chi connectivity index (χ2n) is 8.48. The first-order valence-corrected chi connectivity index (χ1v) is 11.3. The number of ether oxygens (including phenoxy) is 2. The molecule has 32 heavy (non-hydrogen) atoms. The lowest BCUT2D eigenvalue weighted by atomic mass is 9.87. The molecule has 1 N–H and O–H groups in total. The van der Waals surface area contributed by atoms with Crippen LogP contribution in [0.25, 0.3) is 0 Å². The molecule has 1 saturated heterocycles. The number of amides is 2. The molecular formula is C25H31ClN2O4. The summed E-state index contributed by atoms with van der Waals surface area (Å²) in [6.45, 7) is 5.54. The molecule has 0 radical (unpaired) electrons. The van der Waals surface area contributed by atoms with Gasteiger partial charge in [0, 0.05) is 31.1 Å². The summed E-state index contributed by atoms with van der Waals surface area (Å²) >= 11 is 6.27. The number of hydrogen-bond donors (Lipinski definition) is 1. The van der Waals surface area contributed by atoms with E-state index in [1.807, 2.05) is 18.2 Å². The summed E-state index contributed by atoms with van der Waals surface area (Å²) in [5, 5.41) is 3.46. The molecular weight excluding hydrogens is 428 g/mol. The maximum atomic E-state index is 13.2. The molecule has 1 aliphatic heterocycles. The van der Waals surface area contributed by atoms with Crippen molar-refractivity contribution in [3.05, 3.63) is 58.6 Å². The van der Waals surface area contributed by atoms with E-state index in [0.29, 0.717) is 47.6 Å². The van der Waals surface area contributed by atoms with Crippen LogP contribution in [0.4, 0.5) is 0 Å². The van der Waals surface area contributed by atoms with Gasteiger partial charge >= 0.3 is 0 Å². The van der Waals surface area contributed by atoms with Crippen LogP contribution in [0.2, 0.25) is 5.02 Å². The fourth-order valence-corrected chi connectivity index (χ4v) is 4.32. The van der Waals surface area contributed by atoms with E-state index in [-0.39, 0.29) is 17.7 Å². The lowest BCUT2D eigenvalue weighted by Crippen LogP contribution is -2.36. The van der Waals surface area contributed by atoms with E-state index in [0.717, 1.165) is 12.0 Å². The zero-order valence-electron chi connectivity index (χ0n) is 19.1. The highest BCUT2D eigenvalue weighted by Crippen LogP contribution is 2.40. The number of rotatable bonds is 8. The molecule has 1 fully saturated rings. The number of methoxy groups -OCH3 is 2. The van der Waals surface area contributed by atoms with Gasteiger partial charge in [-0.2, -0.15) is 0 Å². The molecule has 3 rings (SSSR count). The van der Waals surface area contributed by atoms with Crippen LogP contribution in [0.15, 0.2) is 42.5 Å². The Kier molecular flexibility index (Phi) is 8.02. The highest BCUT2D eigenvalue weighted by molar-refractivity contribution is 6.33. The molecule has 6 nitrogen and oxygen atoms in total. The number of nitrogens with one attached hydrogen (secondary N) is 1. The van der Waals surface area contributed by atoms with Crippen LogP contribution >= 0.6 is 11.6 Å². The molecule has 2 aromatic rings. The molecule has 0 bridgehead atoms. The largest absolute Gasteiger partial charge is 0.497 e. The molecule has 0 unspecified atom stereocenters. The molecule has 7 heteroatoms. The average molecular weight is 459 g/mol. The highest BCUT2D eigenvalue weighted by Gasteiger charge is 2.42. The second-order valence-corrected chi connectivity index (χ2v) is 8.89. The first kappa shape index (κ1) is 23.9. The van der Waals surface area contributed by atoms with Gasteiger partial charge in [-0.25, -0.2) is 0 Å². The van der Waals surface area contributed by atoms with Crippen molar-refractivity contribution >= 4 is 23.4 Å². The van der Waals surface area contributed by atoms with Gasteiger partial charge in [-0.05, 0) is 42.7 Å². The minimum absolute atomic E-state index is 0.0602. The van der Waals surface area contributed by atoms with Crippen molar-refractivity contribution in [2.24, 2.45) is 11.8 Å². The SMILES string of the molecule is COc1ccc(OC)c([C@H]2CN(C(=O)c3ccccc3Cl)C[C@H]2C(=O)NCCC(C)C)c1. The van der Waals surface area contributed by atoms with E-state index in [2.05, 4.69) is 19.2 Å². The van der Waals surface area contributed by atoms with Crippen LogP contribution in [-0.2, 0) is 4.79 Å². The predicted molar refractivity (Wildman–Crippen MR) is 126 cm³/mol. The van der Waals surface area contributed by atoms with Gasteiger partial charge in [0.2, 0.25) is 5.91 Å². The van der Waals surface area contributed by atoms with Crippen molar-refractivity contribution in [1.82, 2.24) is 10.2 Å². The molecule has 0 aliphatic carbocycles. The van der Waals surface area contributed by atoms with Gasteiger partial charge in [0.15, 0.2) is 0 Å². The lowest BCUT2D eigenvalue weighted by Gasteiger charge is -2.21. The van der Waals surface area contributed by atoms with Gasteiger partial charge < -0.3 is 19.7 Å². The molecule has 0 spiro atoms. The van der Waals surface area contributed by atoms with E-state index in [9.17, 15) is 9.59 Å². The number of carbonyl (C=O) groups is 2. The number of hydrogen-bond acceptors (Lipinski definition) is 4. The molecule has 0 aromatic heterocycles. The molecule has 2 atom stereocenters. The van der Waals surface area contributed by atoms with E-state index >= 15 is 0 Å². The maximum Gasteiger partial charge on any atom is 0.255 e. The van der Waals surface area contributed by atoms with Crippen molar-refractivity contribution in [3.63, 3.8) is 0 Å². The highest BCUT2D eigenvalue weighted by atomic mass is 35.5. The third-order valence-corrected chi connectivity index (χ3v) is 6.23. The second kappa shape index (κ2) is 10.7. The number of carbonyl (C=O) groups excluding carboxylic acids is 2. The molecule has 1 aliphatic rings. The fraction of sp³-hybridized carbons (Fsp3) is 0.440. The van der Waals surface area contributed by atoms with Crippen molar-refractivity contribution in [2.45, 2.75) is 26.2 Å². The van der Waals surface area contributed by atoms with Crippen LogP contribution in [0.5, 0.6) is 11.5 Å². The third kappa shape index (κ3) is 5.36. The Morgan fingerprint density at radius 2 is 1.88 bits per heavy atom. The molecule has 172 valence electrons. The Hall–Kier alpha value is -2.73. The van der Waals surface area contributed by atoms with Gasteiger partial charge in [-0.15, -0.1) is 0 Å². The Morgan fingerprint density at radius 1 is 1.12 bits per heavy atom. The van der Waals surface area contributed by atoms with Crippen LogP contribution in [-0.4, -0.2) is 50.6 Å². The first-order chi connectivity index (χ1) is 15.3. The van der Waals surface area contributed by atoms with Crippen LogP contribution in [0.3, 0.4) is 0 Å². The Balaban J connectivity index is 1.92. The summed E-state index contributed by atoms with van der Waals surface area (Å²) in [6.07, 6.45) is 0.897. The van der Waals surface area contributed by atoms with Crippen molar-refractivity contribution in [2.75, 3.05) is 33.9 Å². The van der Waals surface area contributed by atoms with E-state index in [1.54, 1.807) is 43.4 Å². The topological polar surface area (TPSA) is 67.9 Å². The fourth-order valence-electron chi connectivity index (χ4n) is 4.10. The van der Waals surface area contributed by atoms with Gasteiger partial charge in [0.1, 0.15) is 11.5 Å². The lowest BCUT2D eigenvalue weighted by molar-refractivity contribution is -0.124. The molecule has 2 amide bonds. The Labute approximate surface area is 194 Å². The number of nitrogens with zero attached hydrogens (tertiary/aromatic N) is 1. The first-order valence-electron chi connectivity index (χ1n) is 10.9. The average Bonchev–Trinajstić information content (AvgIpc) is 3.23. The smallest absolute Gasteiger partial charge is 0.255 e. The maximum absolute atomic E-state index is 13.2. The van der Waals surface area contributed by atoms with E-state index < -0.39 is 5.92 Å². The molecule has 2 aromatic carbocycles. The van der Waals surface area contributed by atoms with Crippen LogP contribution in [0, 0.1) is 11.8 Å². The molecule has 0 saturated carbocycles. The summed E-state index contributed by atoms with van der Waals surface area (Å²) in [5.74, 6) is 0.958. The summed E-state index contributed by atoms with van der Waals surface area (Å²) in [7, 11) is 3.20.